The van der Waals surface area contributed by atoms with Crippen LogP contribution >= 0.6 is 0 Å². The van der Waals surface area contributed by atoms with Gasteiger partial charge in [0.05, 0.1) is 17.6 Å². The lowest BCUT2D eigenvalue weighted by molar-refractivity contribution is -0.137. The van der Waals surface area contributed by atoms with Gasteiger partial charge in [-0.3, -0.25) is 0 Å². The second kappa shape index (κ2) is 7.89. The van der Waals surface area contributed by atoms with Crippen molar-refractivity contribution in [1.29, 1.82) is 0 Å². The zero-order valence-corrected chi connectivity index (χ0v) is 15.3. The topological polar surface area (TPSA) is 15.6 Å². The van der Waals surface area contributed by atoms with E-state index >= 15 is 0 Å². The van der Waals surface area contributed by atoms with Crippen LogP contribution in [0.4, 0.5) is 23.2 Å². The van der Waals surface area contributed by atoms with Crippen LogP contribution in [0.3, 0.4) is 0 Å². The average Bonchev–Trinajstić information content (AvgIpc) is 2.56. The van der Waals surface area contributed by atoms with Crippen molar-refractivity contribution in [3.63, 3.8) is 0 Å². The highest BCUT2D eigenvalue weighted by Gasteiger charge is 2.31. The third kappa shape index (κ3) is 4.84. The fourth-order valence-corrected chi connectivity index (χ4v) is 2.50. The van der Waals surface area contributed by atoms with Crippen LogP contribution in [0.25, 0.3) is 0 Å². The number of benzene rings is 2. The molecule has 0 radical (unpaired) electrons. The Morgan fingerprint density at radius 2 is 1.73 bits per heavy atom. The van der Waals surface area contributed by atoms with Crippen LogP contribution < -0.4 is 0 Å². The third-order valence-electron chi connectivity index (χ3n) is 4.31. The molecule has 2 nitrogen and oxygen atoms in total. The summed E-state index contributed by atoms with van der Waals surface area (Å²) in [6, 6.07) is 6.49. The normalized spacial score (nSPS) is 12.0. The van der Waals surface area contributed by atoms with Gasteiger partial charge in [0.2, 0.25) is 0 Å². The maximum absolute atomic E-state index is 14.1. The molecule has 0 saturated heterocycles. The van der Waals surface area contributed by atoms with Gasteiger partial charge in [0.25, 0.3) is 0 Å². The van der Waals surface area contributed by atoms with E-state index in [2.05, 4.69) is 4.99 Å². The van der Waals surface area contributed by atoms with Gasteiger partial charge in [-0.15, -0.1) is 0 Å². The molecule has 0 amide bonds. The van der Waals surface area contributed by atoms with Crippen molar-refractivity contribution in [2.75, 3.05) is 13.6 Å². The Labute approximate surface area is 151 Å². The third-order valence-corrected chi connectivity index (χ3v) is 4.31. The largest absolute Gasteiger partial charge is 0.416 e. The number of aliphatic imine (C=N–C) groups is 1. The Kier molecular flexibility index (Phi) is 6.05. The highest BCUT2D eigenvalue weighted by Crippen LogP contribution is 2.31. The van der Waals surface area contributed by atoms with Crippen LogP contribution in [0.2, 0.25) is 0 Å². The molecular formula is C20H22F4N2. The zero-order valence-electron chi connectivity index (χ0n) is 15.3. The predicted octanol–water partition coefficient (Wildman–Crippen LogP) is 5.66. The molecule has 2 aromatic carbocycles. The van der Waals surface area contributed by atoms with Crippen LogP contribution in [0, 0.1) is 19.7 Å². The molecule has 0 aliphatic heterocycles. The highest BCUT2D eigenvalue weighted by atomic mass is 19.4. The molecule has 2 aromatic rings. The molecule has 0 fully saturated rings. The minimum absolute atomic E-state index is 0.232. The van der Waals surface area contributed by atoms with E-state index in [0.717, 1.165) is 35.0 Å². The maximum Gasteiger partial charge on any atom is 0.416 e. The van der Waals surface area contributed by atoms with Gasteiger partial charge in [-0.25, -0.2) is 9.38 Å². The van der Waals surface area contributed by atoms with E-state index in [4.69, 9.17) is 0 Å². The van der Waals surface area contributed by atoms with Gasteiger partial charge in [0.1, 0.15) is 5.82 Å². The molecule has 0 unspecified atom stereocenters. The predicted molar refractivity (Wildman–Crippen MR) is 96.6 cm³/mol. The van der Waals surface area contributed by atoms with Crippen LogP contribution in [0.15, 0.2) is 35.3 Å². The average molecular weight is 366 g/mol. The summed E-state index contributed by atoms with van der Waals surface area (Å²) in [5, 5.41) is 0. The fourth-order valence-electron chi connectivity index (χ4n) is 2.50. The minimum Gasteiger partial charge on any atom is -0.366 e. The van der Waals surface area contributed by atoms with E-state index < -0.39 is 17.6 Å². The van der Waals surface area contributed by atoms with E-state index in [1.807, 2.05) is 44.9 Å². The van der Waals surface area contributed by atoms with Crippen molar-refractivity contribution in [3.8, 4) is 0 Å². The summed E-state index contributed by atoms with van der Waals surface area (Å²) in [5.41, 5.74) is 2.79. The first-order valence-electron chi connectivity index (χ1n) is 8.32. The summed E-state index contributed by atoms with van der Waals surface area (Å²) in [6.07, 6.45) is -2.57. The number of aryl methyl sites for hydroxylation is 2. The fraction of sp³-hybridized carbons (Fsp3) is 0.350. The van der Waals surface area contributed by atoms with E-state index in [-0.39, 0.29) is 12.0 Å². The van der Waals surface area contributed by atoms with Gasteiger partial charge in [-0.1, -0.05) is 12.1 Å². The van der Waals surface area contributed by atoms with Crippen LogP contribution in [0.1, 0.15) is 34.7 Å². The smallest absolute Gasteiger partial charge is 0.366 e. The molecule has 0 bridgehead atoms. The van der Waals surface area contributed by atoms with Crippen molar-refractivity contribution in [2.24, 2.45) is 4.99 Å². The van der Waals surface area contributed by atoms with E-state index in [9.17, 15) is 17.6 Å². The molecule has 0 atom stereocenters. The first kappa shape index (κ1) is 19.9. The first-order valence-corrected chi connectivity index (χ1v) is 8.32. The van der Waals surface area contributed by atoms with Crippen molar-refractivity contribution >= 4 is 12.0 Å². The Hall–Kier alpha value is -2.37. The summed E-state index contributed by atoms with van der Waals surface area (Å²) < 4.78 is 52.1. The molecule has 0 aliphatic rings. The van der Waals surface area contributed by atoms with E-state index in [1.165, 1.54) is 6.07 Å². The quantitative estimate of drug-likeness (QED) is 0.378. The van der Waals surface area contributed by atoms with Crippen molar-refractivity contribution in [1.82, 2.24) is 4.90 Å². The van der Waals surface area contributed by atoms with Gasteiger partial charge in [0.15, 0.2) is 0 Å². The Morgan fingerprint density at radius 1 is 1.04 bits per heavy atom. The molecule has 2 rings (SSSR count). The number of alkyl halides is 3. The van der Waals surface area contributed by atoms with E-state index in [0.29, 0.717) is 6.07 Å². The second-order valence-corrected chi connectivity index (χ2v) is 6.36. The number of halogens is 4. The van der Waals surface area contributed by atoms with Gasteiger partial charge in [-0.2, -0.15) is 13.2 Å². The number of hydrogen-bond acceptors (Lipinski definition) is 1. The monoisotopic (exact) mass is 366 g/mol. The standard InChI is InChI=1S/C20H22F4N2/c1-5-26(4)12-25-19-9-13(2)16(8-14(19)3)10-15-6-7-17(11-18(15)21)20(22,23)24/h6-9,11-12H,5,10H2,1-4H3/b25-12+. The lowest BCUT2D eigenvalue weighted by Crippen LogP contribution is -2.14. The molecule has 0 aromatic heterocycles. The molecule has 6 heteroatoms. The van der Waals surface area contributed by atoms with E-state index in [1.54, 1.807) is 6.34 Å². The van der Waals surface area contributed by atoms with Gasteiger partial charge in [0, 0.05) is 20.0 Å². The molecule has 0 aliphatic carbocycles. The zero-order chi connectivity index (χ0) is 19.5. The lowest BCUT2D eigenvalue weighted by Gasteiger charge is -2.13. The number of nitrogens with zero attached hydrogens (tertiary/aromatic N) is 2. The van der Waals surface area contributed by atoms with Crippen molar-refractivity contribution in [3.05, 3.63) is 64.0 Å². The van der Waals surface area contributed by atoms with Gasteiger partial charge < -0.3 is 4.90 Å². The second-order valence-electron chi connectivity index (χ2n) is 6.36. The Balaban J connectivity index is 2.28. The Bertz CT molecular complexity index is 810. The molecule has 0 spiro atoms. The summed E-state index contributed by atoms with van der Waals surface area (Å²) >= 11 is 0. The van der Waals surface area contributed by atoms with Gasteiger partial charge >= 0.3 is 6.18 Å². The minimum atomic E-state index is -4.54. The molecule has 0 heterocycles. The molecule has 0 N–H and O–H groups in total. The number of hydrogen-bond donors (Lipinski definition) is 0. The summed E-state index contributed by atoms with van der Waals surface area (Å²) in [6.45, 7) is 6.66. The van der Waals surface area contributed by atoms with Crippen molar-refractivity contribution in [2.45, 2.75) is 33.4 Å². The molecule has 140 valence electrons. The number of rotatable bonds is 5. The molecule has 26 heavy (non-hydrogen) atoms. The highest BCUT2D eigenvalue weighted by molar-refractivity contribution is 5.64. The molecule has 0 saturated carbocycles. The lowest BCUT2D eigenvalue weighted by atomic mass is 9.96. The van der Waals surface area contributed by atoms with Crippen LogP contribution in [0.5, 0.6) is 0 Å². The summed E-state index contributed by atoms with van der Waals surface area (Å²) in [5.74, 6) is -0.844. The molecular weight excluding hydrogens is 344 g/mol. The Morgan fingerprint density at radius 3 is 2.31 bits per heavy atom. The summed E-state index contributed by atoms with van der Waals surface area (Å²) in [7, 11) is 1.92. The summed E-state index contributed by atoms with van der Waals surface area (Å²) in [4.78, 5) is 6.39. The maximum atomic E-state index is 14.1. The SMILES string of the molecule is CCN(C)/C=N/c1cc(C)c(Cc2ccc(C(F)(F)F)cc2F)cc1C. The first-order chi connectivity index (χ1) is 12.1. The van der Waals surface area contributed by atoms with Gasteiger partial charge in [-0.05, 0) is 61.2 Å². The van der Waals surface area contributed by atoms with Crippen LogP contribution in [-0.4, -0.2) is 24.8 Å². The van der Waals surface area contributed by atoms with Crippen molar-refractivity contribution < 1.29 is 17.6 Å². The van der Waals surface area contributed by atoms with Crippen LogP contribution in [-0.2, 0) is 12.6 Å².